The molecule has 0 radical (unpaired) electrons. The highest BCUT2D eigenvalue weighted by molar-refractivity contribution is 4.91. The van der Waals surface area contributed by atoms with Crippen LogP contribution in [0.2, 0.25) is 0 Å². The fourth-order valence-corrected chi connectivity index (χ4v) is 5.08. The summed E-state index contributed by atoms with van der Waals surface area (Å²) in [5.41, 5.74) is 0.521. The molecule has 0 aromatic heterocycles. The third-order valence-corrected chi connectivity index (χ3v) is 6.34. The normalized spacial score (nSPS) is 33.4. The largest absolute Gasteiger partial charge is 0.316 e. The number of hydrogen-bond acceptors (Lipinski definition) is 2. The van der Waals surface area contributed by atoms with Gasteiger partial charge >= 0.3 is 0 Å². The molecule has 122 valence electrons. The summed E-state index contributed by atoms with van der Waals surface area (Å²) < 4.78 is 0. The van der Waals surface area contributed by atoms with Gasteiger partial charge in [0.2, 0.25) is 0 Å². The maximum atomic E-state index is 3.66. The second kappa shape index (κ2) is 7.46. The fourth-order valence-electron chi connectivity index (χ4n) is 5.08. The number of nitrogens with zero attached hydrogens (tertiary/aromatic N) is 1. The molecule has 1 heterocycles. The van der Waals surface area contributed by atoms with Crippen molar-refractivity contribution < 1.29 is 0 Å². The summed E-state index contributed by atoms with van der Waals surface area (Å²) in [5, 5.41) is 3.66. The van der Waals surface area contributed by atoms with Crippen LogP contribution >= 0.6 is 0 Å². The second-order valence-electron chi connectivity index (χ2n) is 8.35. The zero-order valence-electron chi connectivity index (χ0n) is 14.2. The Morgan fingerprint density at radius 1 is 0.857 bits per heavy atom. The van der Waals surface area contributed by atoms with Crippen molar-refractivity contribution >= 4 is 0 Å². The van der Waals surface area contributed by atoms with Gasteiger partial charge in [-0.05, 0) is 50.5 Å². The third-order valence-electron chi connectivity index (χ3n) is 6.34. The molecule has 3 fully saturated rings. The Hall–Kier alpha value is -0.0800. The molecule has 0 amide bonds. The Morgan fingerprint density at radius 3 is 1.90 bits per heavy atom. The van der Waals surface area contributed by atoms with E-state index in [1.54, 1.807) is 0 Å². The van der Waals surface area contributed by atoms with E-state index in [2.05, 4.69) is 17.1 Å². The van der Waals surface area contributed by atoms with Gasteiger partial charge in [0, 0.05) is 25.2 Å². The first-order chi connectivity index (χ1) is 10.3. The number of hydrogen-bond donors (Lipinski definition) is 1. The van der Waals surface area contributed by atoms with E-state index in [4.69, 9.17) is 0 Å². The van der Waals surface area contributed by atoms with Crippen LogP contribution in [0.4, 0.5) is 0 Å². The van der Waals surface area contributed by atoms with Gasteiger partial charge in [0.05, 0.1) is 0 Å². The standard InChI is InChI=1S/C19H36N2/c1-19(13-8-14-20-15-19)16-21(17-9-4-2-5-10-17)18-11-6-3-7-12-18/h17-18,20H,2-16H2,1H3. The van der Waals surface area contributed by atoms with Crippen LogP contribution in [0.3, 0.4) is 0 Å². The highest BCUT2D eigenvalue weighted by atomic mass is 15.2. The topological polar surface area (TPSA) is 15.3 Å². The van der Waals surface area contributed by atoms with E-state index in [9.17, 15) is 0 Å². The van der Waals surface area contributed by atoms with Crippen LogP contribution in [-0.2, 0) is 0 Å². The fraction of sp³-hybridized carbons (Fsp3) is 1.00. The van der Waals surface area contributed by atoms with Gasteiger partial charge in [-0.15, -0.1) is 0 Å². The smallest absolute Gasteiger partial charge is 0.00984 e. The molecule has 1 aliphatic heterocycles. The average molecular weight is 293 g/mol. The lowest BCUT2D eigenvalue weighted by molar-refractivity contribution is 0.0299. The summed E-state index contributed by atoms with van der Waals surface area (Å²) in [6.07, 6.45) is 17.6. The molecular formula is C19H36N2. The molecular weight excluding hydrogens is 256 g/mol. The molecule has 1 saturated heterocycles. The zero-order chi connectivity index (χ0) is 14.5. The van der Waals surface area contributed by atoms with Crippen molar-refractivity contribution in [2.75, 3.05) is 19.6 Å². The van der Waals surface area contributed by atoms with Gasteiger partial charge in [0.1, 0.15) is 0 Å². The van der Waals surface area contributed by atoms with E-state index in [-0.39, 0.29) is 0 Å². The lowest BCUT2D eigenvalue weighted by atomic mass is 9.79. The van der Waals surface area contributed by atoms with Crippen LogP contribution in [0.25, 0.3) is 0 Å². The maximum absolute atomic E-state index is 3.66. The predicted octanol–water partition coefficient (Wildman–Crippen LogP) is 4.34. The lowest BCUT2D eigenvalue weighted by Crippen LogP contribution is -2.53. The first-order valence-corrected chi connectivity index (χ1v) is 9.73. The molecule has 2 aliphatic carbocycles. The van der Waals surface area contributed by atoms with Crippen LogP contribution in [0.5, 0.6) is 0 Å². The molecule has 0 bridgehead atoms. The third kappa shape index (κ3) is 4.22. The van der Waals surface area contributed by atoms with Crippen LogP contribution in [0, 0.1) is 5.41 Å². The first kappa shape index (κ1) is 15.8. The second-order valence-corrected chi connectivity index (χ2v) is 8.35. The van der Waals surface area contributed by atoms with Crippen molar-refractivity contribution in [1.29, 1.82) is 0 Å². The Morgan fingerprint density at radius 2 is 1.43 bits per heavy atom. The van der Waals surface area contributed by atoms with E-state index >= 15 is 0 Å². The Balaban J connectivity index is 1.67. The molecule has 3 aliphatic rings. The molecule has 0 spiro atoms. The number of piperidine rings is 1. The average Bonchev–Trinajstić information content (AvgIpc) is 2.55. The van der Waals surface area contributed by atoms with Gasteiger partial charge in [-0.25, -0.2) is 0 Å². The first-order valence-electron chi connectivity index (χ1n) is 9.73. The van der Waals surface area contributed by atoms with Crippen molar-refractivity contribution in [2.45, 2.75) is 96.1 Å². The molecule has 0 aromatic rings. The van der Waals surface area contributed by atoms with Crippen LogP contribution in [0.1, 0.15) is 84.0 Å². The quantitative estimate of drug-likeness (QED) is 0.829. The van der Waals surface area contributed by atoms with Gasteiger partial charge in [0.15, 0.2) is 0 Å². The molecule has 0 aromatic carbocycles. The van der Waals surface area contributed by atoms with E-state index in [1.165, 1.54) is 96.7 Å². The summed E-state index contributed by atoms with van der Waals surface area (Å²) in [7, 11) is 0. The molecule has 21 heavy (non-hydrogen) atoms. The molecule has 2 heteroatoms. The minimum atomic E-state index is 0.521. The Labute approximate surface area is 132 Å². The van der Waals surface area contributed by atoms with Gasteiger partial charge in [0.25, 0.3) is 0 Å². The molecule has 1 N–H and O–H groups in total. The van der Waals surface area contributed by atoms with Gasteiger partial charge < -0.3 is 5.32 Å². The van der Waals surface area contributed by atoms with E-state index in [0.29, 0.717) is 5.41 Å². The summed E-state index contributed by atoms with van der Waals surface area (Å²) in [4.78, 5) is 3.01. The zero-order valence-corrected chi connectivity index (χ0v) is 14.2. The van der Waals surface area contributed by atoms with Crippen molar-refractivity contribution in [3.05, 3.63) is 0 Å². The monoisotopic (exact) mass is 292 g/mol. The van der Waals surface area contributed by atoms with Gasteiger partial charge in [-0.3, -0.25) is 4.90 Å². The molecule has 2 saturated carbocycles. The Kier molecular flexibility index (Phi) is 5.61. The highest BCUT2D eigenvalue weighted by Gasteiger charge is 2.35. The molecule has 2 nitrogen and oxygen atoms in total. The lowest BCUT2D eigenvalue weighted by Gasteiger charge is -2.47. The van der Waals surface area contributed by atoms with Crippen LogP contribution in [0.15, 0.2) is 0 Å². The van der Waals surface area contributed by atoms with E-state index in [0.717, 1.165) is 12.1 Å². The van der Waals surface area contributed by atoms with Gasteiger partial charge in [-0.1, -0.05) is 45.4 Å². The summed E-state index contributed by atoms with van der Waals surface area (Å²) in [5.74, 6) is 0. The molecule has 1 atom stereocenters. The SMILES string of the molecule is CC1(CN(C2CCCCC2)C2CCCCC2)CCCNC1. The summed E-state index contributed by atoms with van der Waals surface area (Å²) in [6.45, 7) is 6.37. The highest BCUT2D eigenvalue weighted by Crippen LogP contribution is 2.35. The van der Waals surface area contributed by atoms with E-state index < -0.39 is 0 Å². The Bertz CT molecular complexity index is 279. The van der Waals surface area contributed by atoms with Crippen molar-refractivity contribution in [3.63, 3.8) is 0 Å². The van der Waals surface area contributed by atoms with Crippen molar-refractivity contribution in [2.24, 2.45) is 5.41 Å². The summed E-state index contributed by atoms with van der Waals surface area (Å²) >= 11 is 0. The summed E-state index contributed by atoms with van der Waals surface area (Å²) in [6, 6.07) is 1.81. The van der Waals surface area contributed by atoms with Crippen LogP contribution in [-0.4, -0.2) is 36.6 Å². The van der Waals surface area contributed by atoms with Gasteiger partial charge in [-0.2, -0.15) is 0 Å². The number of nitrogens with one attached hydrogen (secondary N) is 1. The predicted molar refractivity (Wildman–Crippen MR) is 90.7 cm³/mol. The molecule has 3 rings (SSSR count). The molecule has 1 unspecified atom stereocenters. The maximum Gasteiger partial charge on any atom is 0.00984 e. The van der Waals surface area contributed by atoms with Crippen molar-refractivity contribution in [1.82, 2.24) is 10.2 Å². The number of rotatable bonds is 4. The van der Waals surface area contributed by atoms with E-state index in [1.807, 2.05) is 0 Å². The minimum Gasteiger partial charge on any atom is -0.316 e. The van der Waals surface area contributed by atoms with Crippen molar-refractivity contribution in [3.8, 4) is 0 Å². The van der Waals surface area contributed by atoms with Crippen LogP contribution < -0.4 is 5.32 Å². The minimum absolute atomic E-state index is 0.521.